The van der Waals surface area contributed by atoms with Gasteiger partial charge in [0.05, 0.1) is 0 Å². The molecule has 8 heteroatoms. The average molecular weight is 446 g/mol. The van der Waals surface area contributed by atoms with Crippen LogP contribution in [0.3, 0.4) is 0 Å². The summed E-state index contributed by atoms with van der Waals surface area (Å²) in [6, 6.07) is 18.6. The number of imide groups is 1. The predicted octanol–water partition coefficient (Wildman–Crippen LogP) is 3.02. The van der Waals surface area contributed by atoms with Gasteiger partial charge in [-0.2, -0.15) is 5.06 Å². The molecule has 1 aliphatic heterocycles. The molecular formula is C25H19FN2O5. The minimum atomic E-state index is -1.44. The van der Waals surface area contributed by atoms with Gasteiger partial charge < -0.3 is 5.32 Å². The maximum atomic E-state index is 13.1. The molecule has 0 aromatic heterocycles. The van der Waals surface area contributed by atoms with Crippen LogP contribution in [0, 0.1) is 5.82 Å². The third-order valence-corrected chi connectivity index (χ3v) is 5.41. The third-order valence-electron chi connectivity index (χ3n) is 5.41. The quantitative estimate of drug-likeness (QED) is 0.262. The molecule has 3 aromatic carbocycles. The van der Waals surface area contributed by atoms with Gasteiger partial charge in [-0.3, -0.25) is 24.4 Å². The Hall–Kier alpha value is -4.17. The monoisotopic (exact) mass is 446 g/mol. The number of hydrogen-bond acceptors (Lipinski definition) is 5. The van der Waals surface area contributed by atoms with E-state index in [1.54, 1.807) is 36.4 Å². The van der Waals surface area contributed by atoms with Gasteiger partial charge in [0.1, 0.15) is 11.7 Å². The first-order valence-corrected chi connectivity index (χ1v) is 10.2. The molecule has 0 fully saturated rings. The maximum Gasteiger partial charge on any atom is 0.284 e. The van der Waals surface area contributed by atoms with E-state index in [2.05, 4.69) is 5.32 Å². The molecule has 166 valence electrons. The van der Waals surface area contributed by atoms with Crippen molar-refractivity contribution in [2.24, 2.45) is 0 Å². The Balaban J connectivity index is 1.57. The lowest BCUT2D eigenvalue weighted by molar-refractivity contribution is -0.158. The molecule has 1 unspecified atom stereocenters. The first-order chi connectivity index (χ1) is 15.8. The van der Waals surface area contributed by atoms with E-state index in [4.69, 9.17) is 0 Å². The molecule has 1 aliphatic rings. The van der Waals surface area contributed by atoms with Gasteiger partial charge in [-0.15, -0.1) is 0 Å². The van der Waals surface area contributed by atoms with E-state index in [0.29, 0.717) is 16.7 Å². The lowest BCUT2D eigenvalue weighted by Crippen LogP contribution is -2.47. The van der Waals surface area contributed by atoms with E-state index < -0.39 is 29.5 Å². The van der Waals surface area contributed by atoms with Gasteiger partial charge in [0, 0.05) is 24.1 Å². The summed E-state index contributed by atoms with van der Waals surface area (Å²) < 4.78 is 13.1. The fraction of sp³-hybridized carbons (Fsp3) is 0.120. The Morgan fingerprint density at radius 3 is 2.30 bits per heavy atom. The van der Waals surface area contributed by atoms with Gasteiger partial charge in [-0.25, -0.2) is 4.39 Å². The molecule has 33 heavy (non-hydrogen) atoms. The van der Waals surface area contributed by atoms with Crippen LogP contribution in [-0.4, -0.2) is 33.8 Å². The van der Waals surface area contributed by atoms with Crippen LogP contribution in [-0.2, 0) is 22.6 Å². The van der Waals surface area contributed by atoms with Crippen molar-refractivity contribution in [3.05, 3.63) is 106 Å². The zero-order chi connectivity index (χ0) is 23.5. The highest BCUT2D eigenvalue weighted by Gasteiger charge is 2.42. The fourth-order valence-electron chi connectivity index (χ4n) is 3.68. The van der Waals surface area contributed by atoms with Crippen LogP contribution in [0.15, 0.2) is 72.8 Å². The number of hydrogen-bond donors (Lipinski definition) is 2. The van der Waals surface area contributed by atoms with Crippen molar-refractivity contribution < 1.29 is 28.8 Å². The summed E-state index contributed by atoms with van der Waals surface area (Å²) in [6.45, 7) is 0.0290. The zero-order valence-electron chi connectivity index (χ0n) is 17.3. The number of nitrogens with zero attached hydrogens (tertiary/aromatic N) is 1. The molecular weight excluding hydrogens is 427 g/mol. The van der Waals surface area contributed by atoms with Crippen molar-refractivity contribution in [1.29, 1.82) is 0 Å². The van der Waals surface area contributed by atoms with E-state index in [0.717, 1.165) is 0 Å². The van der Waals surface area contributed by atoms with Gasteiger partial charge in [-0.05, 0) is 34.9 Å². The SMILES string of the molecule is O=C(Cc1ccc2c(c1)C(=O)N(O)C(=O)C2C(=O)NCc1ccc(F)cc1)c1ccccc1. The topological polar surface area (TPSA) is 104 Å². The number of Topliss-reactive ketones (excluding diaryl/α,β-unsaturated/α-hetero) is 1. The number of carbonyl (C=O) groups excluding carboxylic acids is 4. The first-order valence-electron chi connectivity index (χ1n) is 10.2. The second kappa shape index (κ2) is 9.13. The molecule has 3 amide bonds. The standard InChI is InChI=1S/C25H19FN2O5/c26-18-9-6-15(7-10-18)14-27-23(30)22-19-11-8-16(12-20(19)24(31)28(33)25(22)32)13-21(29)17-4-2-1-3-5-17/h1-12,22,33H,13-14H2,(H,27,30). The number of nitrogens with one attached hydrogen (secondary N) is 1. The van der Waals surface area contributed by atoms with Crippen LogP contribution in [0.2, 0.25) is 0 Å². The van der Waals surface area contributed by atoms with Gasteiger partial charge in [0.15, 0.2) is 5.78 Å². The molecule has 2 N–H and O–H groups in total. The molecule has 0 saturated heterocycles. The predicted molar refractivity (Wildman–Crippen MR) is 115 cm³/mol. The number of carbonyl (C=O) groups is 4. The lowest BCUT2D eigenvalue weighted by atomic mass is 9.86. The second-order valence-corrected chi connectivity index (χ2v) is 7.62. The molecule has 0 aliphatic carbocycles. The number of fused-ring (bicyclic) bond motifs is 1. The minimum absolute atomic E-state index is 0.00534. The molecule has 0 radical (unpaired) electrons. The van der Waals surface area contributed by atoms with E-state index in [1.807, 2.05) is 0 Å². The van der Waals surface area contributed by atoms with Gasteiger partial charge >= 0.3 is 0 Å². The first kappa shape index (κ1) is 22.0. The molecule has 0 saturated carbocycles. The molecule has 1 heterocycles. The third kappa shape index (κ3) is 4.56. The summed E-state index contributed by atoms with van der Waals surface area (Å²) in [5, 5.41) is 12.5. The number of benzene rings is 3. The lowest BCUT2D eigenvalue weighted by Gasteiger charge is -2.28. The van der Waals surface area contributed by atoms with Crippen molar-refractivity contribution in [1.82, 2.24) is 10.4 Å². The van der Waals surface area contributed by atoms with Crippen LogP contribution in [0.1, 0.15) is 43.3 Å². The van der Waals surface area contributed by atoms with E-state index in [-0.39, 0.29) is 34.9 Å². The molecule has 0 bridgehead atoms. The summed E-state index contributed by atoms with van der Waals surface area (Å²) in [4.78, 5) is 50.4. The van der Waals surface area contributed by atoms with Crippen molar-refractivity contribution in [3.8, 4) is 0 Å². The largest absolute Gasteiger partial charge is 0.351 e. The average Bonchev–Trinajstić information content (AvgIpc) is 2.83. The van der Waals surface area contributed by atoms with Crippen molar-refractivity contribution in [3.63, 3.8) is 0 Å². The Morgan fingerprint density at radius 1 is 0.939 bits per heavy atom. The summed E-state index contributed by atoms with van der Waals surface area (Å²) in [5.41, 5.74) is 1.74. The van der Waals surface area contributed by atoms with Gasteiger partial charge in [0.25, 0.3) is 11.8 Å². The van der Waals surface area contributed by atoms with E-state index >= 15 is 0 Å². The fourth-order valence-corrected chi connectivity index (χ4v) is 3.68. The minimum Gasteiger partial charge on any atom is -0.351 e. The Morgan fingerprint density at radius 2 is 1.61 bits per heavy atom. The highest BCUT2D eigenvalue weighted by molar-refractivity contribution is 6.18. The normalized spacial score (nSPS) is 15.2. The Labute approximate surface area is 188 Å². The zero-order valence-corrected chi connectivity index (χ0v) is 17.3. The van der Waals surface area contributed by atoms with E-state index in [1.165, 1.54) is 36.4 Å². The molecule has 1 atom stereocenters. The summed E-state index contributed by atoms with van der Waals surface area (Å²) in [5.74, 6) is -4.78. The highest BCUT2D eigenvalue weighted by Crippen LogP contribution is 2.30. The van der Waals surface area contributed by atoms with Crippen LogP contribution in [0.5, 0.6) is 0 Å². The molecule has 7 nitrogen and oxygen atoms in total. The summed E-state index contributed by atoms with van der Waals surface area (Å²) >= 11 is 0. The Kier molecular flexibility index (Phi) is 6.10. The summed E-state index contributed by atoms with van der Waals surface area (Å²) in [7, 11) is 0. The number of halogens is 1. The van der Waals surface area contributed by atoms with Crippen LogP contribution < -0.4 is 5.32 Å². The van der Waals surface area contributed by atoms with Crippen molar-refractivity contribution >= 4 is 23.5 Å². The molecule has 4 rings (SSSR count). The van der Waals surface area contributed by atoms with Crippen LogP contribution >= 0.6 is 0 Å². The maximum absolute atomic E-state index is 13.1. The van der Waals surface area contributed by atoms with Crippen molar-refractivity contribution in [2.75, 3.05) is 0 Å². The van der Waals surface area contributed by atoms with Gasteiger partial charge in [-0.1, -0.05) is 54.6 Å². The second-order valence-electron chi connectivity index (χ2n) is 7.62. The smallest absolute Gasteiger partial charge is 0.284 e. The van der Waals surface area contributed by atoms with Crippen LogP contribution in [0.25, 0.3) is 0 Å². The van der Waals surface area contributed by atoms with Crippen LogP contribution in [0.4, 0.5) is 4.39 Å². The molecule has 3 aromatic rings. The van der Waals surface area contributed by atoms with Crippen molar-refractivity contribution in [2.45, 2.75) is 18.9 Å². The highest BCUT2D eigenvalue weighted by atomic mass is 19.1. The number of ketones is 1. The number of amides is 3. The number of rotatable bonds is 6. The summed E-state index contributed by atoms with van der Waals surface area (Å²) in [6.07, 6.45) is 0.00534. The van der Waals surface area contributed by atoms with E-state index in [9.17, 15) is 28.8 Å². The molecule has 0 spiro atoms. The van der Waals surface area contributed by atoms with Gasteiger partial charge in [0.2, 0.25) is 5.91 Å². The number of hydroxylamine groups is 2. The Bertz CT molecular complexity index is 1240.